The number of hydrogen-bond donors (Lipinski definition) is 1. The van der Waals surface area contributed by atoms with Crippen LogP contribution in [0.4, 0.5) is 0 Å². The fourth-order valence-electron chi connectivity index (χ4n) is 1.74. The molecule has 0 aliphatic heterocycles. The molecule has 1 unspecified atom stereocenters. The number of likely N-dealkylation sites (N-methyl/N-ethyl adjacent to an activating group) is 1. The lowest BCUT2D eigenvalue weighted by Crippen LogP contribution is -2.18. The zero-order chi connectivity index (χ0) is 11.5. The van der Waals surface area contributed by atoms with E-state index in [1.165, 1.54) is 16.1 Å². The van der Waals surface area contributed by atoms with Crippen molar-refractivity contribution in [2.45, 2.75) is 26.3 Å². The summed E-state index contributed by atoms with van der Waals surface area (Å²) in [5.41, 5.74) is 2.56. The van der Waals surface area contributed by atoms with Gasteiger partial charge in [0.1, 0.15) is 0 Å². The molecule has 1 atom stereocenters. The molecule has 0 saturated heterocycles. The zero-order valence-electron chi connectivity index (χ0n) is 9.78. The van der Waals surface area contributed by atoms with E-state index in [1.54, 1.807) is 22.7 Å². The number of aryl methyl sites for hydroxylation is 2. The Morgan fingerprint density at radius 1 is 1.31 bits per heavy atom. The van der Waals surface area contributed by atoms with Gasteiger partial charge in [-0.2, -0.15) is 0 Å². The summed E-state index contributed by atoms with van der Waals surface area (Å²) in [6, 6.07) is 2.64. The van der Waals surface area contributed by atoms with Crippen LogP contribution in [0.1, 0.15) is 27.2 Å². The first-order valence-electron chi connectivity index (χ1n) is 5.32. The third-order valence-corrected chi connectivity index (χ3v) is 4.28. The molecule has 0 spiro atoms. The molecule has 86 valence electrons. The van der Waals surface area contributed by atoms with Gasteiger partial charge in [0.05, 0.1) is 10.7 Å². The molecule has 2 aromatic rings. The van der Waals surface area contributed by atoms with Gasteiger partial charge in [-0.05, 0) is 37.9 Å². The second-order valence-electron chi connectivity index (χ2n) is 3.89. The maximum atomic E-state index is 4.51. The predicted octanol–water partition coefficient (Wildman–Crippen LogP) is 3.32. The van der Waals surface area contributed by atoms with Gasteiger partial charge in [0, 0.05) is 22.7 Å². The van der Waals surface area contributed by atoms with Crippen molar-refractivity contribution in [1.29, 1.82) is 0 Å². The van der Waals surface area contributed by atoms with E-state index in [0.29, 0.717) is 6.04 Å². The lowest BCUT2D eigenvalue weighted by molar-refractivity contribution is 0.587. The van der Waals surface area contributed by atoms with E-state index in [-0.39, 0.29) is 0 Å². The lowest BCUT2D eigenvalue weighted by Gasteiger charge is -2.13. The minimum absolute atomic E-state index is 0.381. The first-order valence-corrected chi connectivity index (χ1v) is 7.08. The van der Waals surface area contributed by atoms with Gasteiger partial charge in [0.25, 0.3) is 0 Å². The van der Waals surface area contributed by atoms with Gasteiger partial charge >= 0.3 is 0 Å². The minimum Gasteiger partial charge on any atom is -0.313 e. The largest absolute Gasteiger partial charge is 0.313 e. The van der Waals surface area contributed by atoms with E-state index < -0.39 is 0 Å². The Balaban J connectivity index is 2.12. The average molecular weight is 252 g/mol. The second kappa shape index (κ2) is 5.08. The van der Waals surface area contributed by atoms with Crippen molar-refractivity contribution in [2.75, 3.05) is 7.05 Å². The van der Waals surface area contributed by atoms with Crippen molar-refractivity contribution in [3.05, 3.63) is 38.0 Å². The summed E-state index contributed by atoms with van der Waals surface area (Å²) in [4.78, 5) is 5.88. The van der Waals surface area contributed by atoms with Gasteiger partial charge < -0.3 is 5.32 Å². The molecule has 0 aromatic carbocycles. The van der Waals surface area contributed by atoms with Gasteiger partial charge in [-0.15, -0.1) is 22.7 Å². The molecule has 0 bridgehead atoms. The van der Waals surface area contributed by atoms with Gasteiger partial charge in [0.15, 0.2) is 0 Å². The normalized spacial score (nSPS) is 12.9. The molecule has 1 N–H and O–H groups in total. The maximum absolute atomic E-state index is 4.51. The maximum Gasteiger partial charge on any atom is 0.0897 e. The number of hydrogen-bond acceptors (Lipinski definition) is 4. The molecule has 0 amide bonds. The Morgan fingerprint density at radius 2 is 2.12 bits per heavy atom. The summed E-state index contributed by atoms with van der Waals surface area (Å²) >= 11 is 3.53. The monoisotopic (exact) mass is 252 g/mol. The van der Waals surface area contributed by atoms with Crippen LogP contribution in [0.25, 0.3) is 0 Å². The van der Waals surface area contributed by atoms with E-state index >= 15 is 0 Å². The highest BCUT2D eigenvalue weighted by molar-refractivity contribution is 7.10. The number of aromatic nitrogens is 1. The highest BCUT2D eigenvalue weighted by Crippen LogP contribution is 2.23. The lowest BCUT2D eigenvalue weighted by atomic mass is 10.1. The molecule has 0 saturated carbocycles. The fourth-order valence-corrected chi connectivity index (χ4v) is 3.13. The SMILES string of the molecule is CNC(Cc1csc(C)n1)c1csc(C)c1. The van der Waals surface area contributed by atoms with Crippen molar-refractivity contribution in [2.24, 2.45) is 0 Å². The number of thiophene rings is 1. The van der Waals surface area contributed by atoms with Gasteiger partial charge in [-0.3, -0.25) is 0 Å². The second-order valence-corrected chi connectivity index (χ2v) is 6.07. The van der Waals surface area contributed by atoms with Crippen LogP contribution in [0.3, 0.4) is 0 Å². The van der Waals surface area contributed by atoms with E-state index in [0.717, 1.165) is 11.4 Å². The summed E-state index contributed by atoms with van der Waals surface area (Å²) in [5, 5.41) is 8.89. The Hall–Kier alpha value is -0.710. The van der Waals surface area contributed by atoms with Crippen LogP contribution < -0.4 is 5.32 Å². The highest BCUT2D eigenvalue weighted by Gasteiger charge is 2.12. The van der Waals surface area contributed by atoms with Crippen molar-refractivity contribution in [3.8, 4) is 0 Å². The molecule has 2 aromatic heterocycles. The first kappa shape index (κ1) is 11.8. The van der Waals surface area contributed by atoms with Crippen LogP contribution in [-0.4, -0.2) is 12.0 Å². The topological polar surface area (TPSA) is 24.9 Å². The number of nitrogens with one attached hydrogen (secondary N) is 1. The van der Waals surface area contributed by atoms with Crippen LogP contribution in [0.5, 0.6) is 0 Å². The quantitative estimate of drug-likeness (QED) is 0.903. The van der Waals surface area contributed by atoms with Crippen molar-refractivity contribution >= 4 is 22.7 Å². The van der Waals surface area contributed by atoms with Crippen LogP contribution in [0, 0.1) is 13.8 Å². The van der Waals surface area contributed by atoms with Crippen LogP contribution >= 0.6 is 22.7 Å². The van der Waals surface area contributed by atoms with Gasteiger partial charge in [-0.25, -0.2) is 4.98 Å². The Labute approximate surface area is 104 Å². The van der Waals surface area contributed by atoms with Crippen molar-refractivity contribution in [1.82, 2.24) is 10.3 Å². The molecule has 0 fully saturated rings. The molecular formula is C12H16N2S2. The number of rotatable bonds is 4. The summed E-state index contributed by atoms with van der Waals surface area (Å²) < 4.78 is 0. The molecule has 2 heterocycles. The molecular weight excluding hydrogens is 236 g/mol. The van der Waals surface area contributed by atoms with Gasteiger partial charge in [0.2, 0.25) is 0 Å². The molecule has 16 heavy (non-hydrogen) atoms. The van der Waals surface area contributed by atoms with E-state index in [1.807, 2.05) is 7.05 Å². The summed E-state index contributed by atoms with van der Waals surface area (Å²) in [7, 11) is 2.01. The first-order chi connectivity index (χ1) is 7.69. The van der Waals surface area contributed by atoms with E-state index in [9.17, 15) is 0 Å². The Bertz CT molecular complexity index is 459. The fraction of sp³-hybridized carbons (Fsp3) is 0.417. The molecule has 0 aliphatic rings. The molecule has 2 rings (SSSR count). The molecule has 0 aliphatic carbocycles. The summed E-state index contributed by atoms with van der Waals surface area (Å²) in [5.74, 6) is 0. The van der Waals surface area contributed by atoms with Crippen molar-refractivity contribution < 1.29 is 0 Å². The summed E-state index contributed by atoms with van der Waals surface area (Å²) in [6.07, 6.45) is 0.969. The average Bonchev–Trinajstić information content (AvgIpc) is 2.84. The number of nitrogens with zero attached hydrogens (tertiary/aromatic N) is 1. The zero-order valence-corrected chi connectivity index (χ0v) is 11.4. The summed E-state index contributed by atoms with van der Waals surface area (Å²) in [6.45, 7) is 4.20. The van der Waals surface area contributed by atoms with Crippen molar-refractivity contribution in [3.63, 3.8) is 0 Å². The third-order valence-electron chi connectivity index (χ3n) is 2.58. The van der Waals surface area contributed by atoms with Crippen LogP contribution in [0.2, 0.25) is 0 Å². The van der Waals surface area contributed by atoms with E-state index in [4.69, 9.17) is 0 Å². The third kappa shape index (κ3) is 2.70. The van der Waals surface area contributed by atoms with Crippen LogP contribution in [0.15, 0.2) is 16.8 Å². The van der Waals surface area contributed by atoms with E-state index in [2.05, 4.69) is 41.0 Å². The molecule has 4 heteroatoms. The Morgan fingerprint density at radius 3 is 2.62 bits per heavy atom. The van der Waals surface area contributed by atoms with Crippen LogP contribution in [-0.2, 0) is 6.42 Å². The molecule has 0 radical (unpaired) electrons. The number of thiazole rings is 1. The van der Waals surface area contributed by atoms with Gasteiger partial charge in [-0.1, -0.05) is 0 Å². The minimum atomic E-state index is 0.381. The predicted molar refractivity (Wildman–Crippen MR) is 71.4 cm³/mol. The smallest absolute Gasteiger partial charge is 0.0897 e. The molecule has 2 nitrogen and oxygen atoms in total. The highest BCUT2D eigenvalue weighted by atomic mass is 32.1. The standard InChI is InChI=1S/C12H16N2S2/c1-8-4-10(6-15-8)12(13-3)5-11-7-16-9(2)14-11/h4,6-7,12-13H,5H2,1-3H3. The Kier molecular flexibility index (Phi) is 3.74.